The number of halogens is 4. The second kappa shape index (κ2) is 7.91. The van der Waals surface area contributed by atoms with Gasteiger partial charge in [0.1, 0.15) is 5.69 Å². The summed E-state index contributed by atoms with van der Waals surface area (Å²) in [6, 6.07) is 8.25. The molecule has 0 atom stereocenters. The Kier molecular flexibility index (Phi) is 5.67. The second-order valence-electron chi connectivity index (χ2n) is 5.86. The van der Waals surface area contributed by atoms with E-state index in [1.54, 1.807) is 0 Å². The number of sulfonamides is 1. The van der Waals surface area contributed by atoms with E-state index in [1.807, 2.05) is 0 Å². The molecule has 0 saturated carbocycles. The Balaban J connectivity index is 1.73. The summed E-state index contributed by atoms with van der Waals surface area (Å²) in [6.45, 7) is 0. The van der Waals surface area contributed by atoms with E-state index in [1.165, 1.54) is 43.4 Å². The van der Waals surface area contributed by atoms with Crippen molar-refractivity contribution in [2.75, 3.05) is 10.0 Å². The summed E-state index contributed by atoms with van der Waals surface area (Å²) in [5.41, 5.74) is -1.35. The van der Waals surface area contributed by atoms with E-state index in [-0.39, 0.29) is 27.2 Å². The Morgan fingerprint density at radius 1 is 1.10 bits per heavy atom. The van der Waals surface area contributed by atoms with E-state index < -0.39 is 27.8 Å². The zero-order valence-electron chi connectivity index (χ0n) is 15.0. The van der Waals surface area contributed by atoms with Crippen molar-refractivity contribution >= 4 is 39.0 Å². The summed E-state index contributed by atoms with van der Waals surface area (Å²) in [6.07, 6.45) is -4.69. The summed E-state index contributed by atoms with van der Waals surface area (Å²) in [5.74, 6) is -0.890. The highest BCUT2D eigenvalue weighted by molar-refractivity contribution is 7.92. The van der Waals surface area contributed by atoms with Crippen molar-refractivity contribution in [2.45, 2.75) is 11.1 Å². The first-order chi connectivity index (χ1) is 14.0. The number of aromatic nitrogens is 4. The summed E-state index contributed by atoms with van der Waals surface area (Å²) in [7, 11) is -2.79. The van der Waals surface area contributed by atoms with Crippen molar-refractivity contribution in [3.8, 4) is 0 Å². The van der Waals surface area contributed by atoms with Gasteiger partial charge in [0, 0.05) is 18.8 Å². The third-order valence-corrected chi connectivity index (χ3v) is 5.27. The molecule has 0 aliphatic rings. The zero-order chi connectivity index (χ0) is 22.1. The lowest BCUT2D eigenvalue weighted by Gasteiger charge is -2.09. The molecule has 0 aliphatic heterocycles. The number of carbonyl (C=O) groups excluding carboxylic acids is 1. The van der Waals surface area contributed by atoms with E-state index in [9.17, 15) is 26.4 Å². The number of anilines is 2. The van der Waals surface area contributed by atoms with Crippen LogP contribution in [0.15, 0.2) is 47.4 Å². The van der Waals surface area contributed by atoms with Crippen molar-refractivity contribution in [1.82, 2.24) is 20.0 Å². The lowest BCUT2D eigenvalue weighted by molar-refractivity contribution is -0.141. The molecule has 0 unspecified atom stereocenters. The summed E-state index contributed by atoms with van der Waals surface area (Å²) in [4.78, 5) is 12.1. The van der Waals surface area contributed by atoms with E-state index in [2.05, 4.69) is 25.3 Å². The molecule has 0 radical (unpaired) electrons. The van der Waals surface area contributed by atoms with Crippen LogP contribution in [0.4, 0.5) is 24.7 Å². The van der Waals surface area contributed by atoms with Crippen LogP contribution in [-0.4, -0.2) is 34.3 Å². The number of rotatable bonds is 5. The maximum Gasteiger partial charge on any atom is 0.435 e. The molecule has 2 aromatic heterocycles. The highest BCUT2D eigenvalue weighted by Gasteiger charge is 2.35. The van der Waals surface area contributed by atoms with Gasteiger partial charge in [0.25, 0.3) is 15.9 Å². The normalized spacial score (nSPS) is 11.9. The molecule has 0 fully saturated rings. The van der Waals surface area contributed by atoms with Crippen LogP contribution in [0.25, 0.3) is 0 Å². The summed E-state index contributed by atoms with van der Waals surface area (Å²) >= 11 is 5.59. The average molecular weight is 461 g/mol. The van der Waals surface area contributed by atoms with Crippen molar-refractivity contribution in [3.63, 3.8) is 0 Å². The van der Waals surface area contributed by atoms with Gasteiger partial charge in [0.05, 0.1) is 4.90 Å². The Morgan fingerprint density at radius 3 is 2.30 bits per heavy atom. The molecule has 9 nitrogen and oxygen atoms in total. The van der Waals surface area contributed by atoms with Gasteiger partial charge in [-0.25, -0.2) is 8.42 Å². The van der Waals surface area contributed by atoms with Crippen molar-refractivity contribution in [1.29, 1.82) is 0 Å². The minimum atomic E-state index is -4.69. The highest BCUT2D eigenvalue weighted by Crippen LogP contribution is 2.28. The number of benzene rings is 1. The Bertz CT molecular complexity index is 1180. The number of nitrogens with one attached hydrogen (secondary N) is 2. The van der Waals surface area contributed by atoms with Crippen LogP contribution >= 0.6 is 11.6 Å². The van der Waals surface area contributed by atoms with Gasteiger partial charge in [-0.3, -0.25) is 14.2 Å². The molecule has 0 saturated heterocycles. The van der Waals surface area contributed by atoms with Gasteiger partial charge in [0.2, 0.25) is 0 Å². The molecule has 0 spiro atoms. The molecule has 3 rings (SSSR count). The van der Waals surface area contributed by atoms with Gasteiger partial charge in [-0.05, 0) is 36.4 Å². The number of hydrogen-bond donors (Lipinski definition) is 2. The van der Waals surface area contributed by atoms with Crippen LogP contribution in [-0.2, 0) is 23.2 Å². The molecule has 0 bridgehead atoms. The molecule has 1 aromatic carbocycles. The van der Waals surface area contributed by atoms with Crippen molar-refractivity contribution in [2.24, 2.45) is 7.05 Å². The first kappa shape index (κ1) is 21.5. The van der Waals surface area contributed by atoms with E-state index in [0.29, 0.717) is 6.07 Å². The fraction of sp³-hybridized carbons (Fsp3) is 0.125. The number of alkyl halides is 3. The van der Waals surface area contributed by atoms with Gasteiger partial charge in [0.15, 0.2) is 16.7 Å². The predicted octanol–water partition coefficient (Wildman–Crippen LogP) is 2.94. The monoisotopic (exact) mass is 460 g/mol. The van der Waals surface area contributed by atoms with Gasteiger partial charge >= 0.3 is 6.18 Å². The molecule has 3 aromatic rings. The molecule has 2 heterocycles. The van der Waals surface area contributed by atoms with Crippen LogP contribution in [0.5, 0.6) is 0 Å². The van der Waals surface area contributed by atoms with Gasteiger partial charge in [-0.1, -0.05) is 11.6 Å². The molecule has 30 heavy (non-hydrogen) atoms. The molecule has 1 amide bonds. The highest BCUT2D eigenvalue weighted by atomic mass is 35.5. The third kappa shape index (κ3) is 4.86. The Morgan fingerprint density at radius 2 is 1.77 bits per heavy atom. The predicted molar refractivity (Wildman–Crippen MR) is 100 cm³/mol. The van der Waals surface area contributed by atoms with Gasteiger partial charge in [-0.2, -0.15) is 18.3 Å². The number of amides is 1. The molecule has 14 heteroatoms. The smallest absolute Gasteiger partial charge is 0.321 e. The average Bonchev–Trinajstić information content (AvgIpc) is 3.06. The maximum absolute atomic E-state index is 12.7. The third-order valence-electron chi connectivity index (χ3n) is 3.70. The van der Waals surface area contributed by atoms with Crippen LogP contribution < -0.4 is 10.0 Å². The van der Waals surface area contributed by atoms with Gasteiger partial charge < -0.3 is 5.32 Å². The van der Waals surface area contributed by atoms with Crippen LogP contribution in [0.3, 0.4) is 0 Å². The first-order valence-electron chi connectivity index (χ1n) is 8.00. The first-order valence-corrected chi connectivity index (χ1v) is 9.86. The minimum Gasteiger partial charge on any atom is -0.321 e. The number of aryl methyl sites for hydroxylation is 1. The Hall–Kier alpha value is -3.19. The minimum absolute atomic E-state index is 0.0477. The van der Waals surface area contributed by atoms with E-state index >= 15 is 0 Å². The summed E-state index contributed by atoms with van der Waals surface area (Å²) in [5, 5.41) is 12.8. The lowest BCUT2D eigenvalue weighted by atomic mass is 10.3. The Labute approximate surface area is 172 Å². The van der Waals surface area contributed by atoms with Gasteiger partial charge in [-0.15, -0.1) is 10.2 Å². The molecular formula is C16H12ClF3N6O3S. The fourth-order valence-corrected chi connectivity index (χ4v) is 3.40. The van der Waals surface area contributed by atoms with E-state index in [0.717, 1.165) is 4.68 Å². The molecule has 0 aliphatic carbocycles. The molecule has 158 valence electrons. The summed E-state index contributed by atoms with van der Waals surface area (Å²) < 4.78 is 65.9. The zero-order valence-corrected chi connectivity index (χ0v) is 16.5. The maximum atomic E-state index is 12.7. The molecule has 2 N–H and O–H groups in total. The van der Waals surface area contributed by atoms with E-state index in [4.69, 9.17) is 11.6 Å². The largest absolute Gasteiger partial charge is 0.435 e. The lowest BCUT2D eigenvalue weighted by Crippen LogP contribution is -2.17. The van der Waals surface area contributed by atoms with Crippen LogP contribution in [0.1, 0.15) is 16.2 Å². The second-order valence-corrected chi connectivity index (χ2v) is 7.93. The van der Waals surface area contributed by atoms with Crippen molar-refractivity contribution in [3.05, 3.63) is 59.0 Å². The topological polar surface area (TPSA) is 119 Å². The van der Waals surface area contributed by atoms with Crippen molar-refractivity contribution < 1.29 is 26.4 Å². The van der Waals surface area contributed by atoms with Crippen LogP contribution in [0.2, 0.25) is 5.15 Å². The van der Waals surface area contributed by atoms with Crippen LogP contribution in [0, 0.1) is 0 Å². The fourth-order valence-electron chi connectivity index (χ4n) is 2.30. The number of hydrogen-bond acceptors (Lipinski definition) is 6. The SMILES string of the molecule is Cn1nc(C(F)(F)F)cc1C(=O)Nc1ccc(S(=O)(=O)Nc2ccc(Cl)nn2)cc1. The number of nitrogens with zero attached hydrogens (tertiary/aromatic N) is 4. The quantitative estimate of drug-likeness (QED) is 0.604. The number of carbonyl (C=O) groups is 1. The molecular weight excluding hydrogens is 449 g/mol. The standard InChI is InChI=1S/C16H12ClF3N6O3S/c1-26-11(8-12(24-26)16(18,19)20)15(27)21-9-2-4-10(5-3-9)30(28,29)25-14-7-6-13(17)22-23-14/h2-8H,1H3,(H,21,27)(H,23,25).